The molecule has 1 aromatic rings. The van der Waals surface area contributed by atoms with Crippen LogP contribution in [0.1, 0.15) is 63.5 Å². The molecule has 2 fully saturated rings. The van der Waals surface area contributed by atoms with Crippen molar-refractivity contribution in [1.29, 1.82) is 0 Å². The van der Waals surface area contributed by atoms with Crippen molar-refractivity contribution >= 4 is 12.0 Å². The molecule has 9 nitrogen and oxygen atoms in total. The zero-order valence-corrected chi connectivity index (χ0v) is 19.4. The van der Waals surface area contributed by atoms with Crippen LogP contribution >= 0.6 is 0 Å². The first-order chi connectivity index (χ1) is 15.7. The van der Waals surface area contributed by atoms with Gasteiger partial charge >= 0.3 is 6.09 Å². The summed E-state index contributed by atoms with van der Waals surface area (Å²) in [5, 5.41) is 12.0. The van der Waals surface area contributed by atoms with Gasteiger partial charge in [0.15, 0.2) is 0 Å². The summed E-state index contributed by atoms with van der Waals surface area (Å²) >= 11 is 0. The quantitative estimate of drug-likeness (QED) is 0.719. The average Bonchev–Trinajstić information content (AvgIpc) is 3.08. The van der Waals surface area contributed by atoms with E-state index in [0.717, 1.165) is 82.9 Å². The number of nitrogens with one attached hydrogen (secondary N) is 1. The van der Waals surface area contributed by atoms with Gasteiger partial charge in [-0.2, -0.15) is 0 Å². The molecule has 0 bridgehead atoms. The maximum atomic E-state index is 12.4. The normalized spacial score (nSPS) is 21.1. The molecule has 3 heterocycles. The Morgan fingerprint density at radius 1 is 1.00 bits per heavy atom. The Hall–Kier alpha value is -2.16. The predicted molar refractivity (Wildman–Crippen MR) is 120 cm³/mol. The first-order valence-corrected chi connectivity index (χ1v) is 12.5. The molecule has 178 valence electrons. The third-order valence-corrected chi connectivity index (χ3v) is 7.27. The van der Waals surface area contributed by atoms with Crippen LogP contribution < -0.4 is 5.32 Å². The number of carbonyl (C=O) groups excluding carboxylic acids is 2. The number of aromatic nitrogens is 3. The van der Waals surface area contributed by atoms with Gasteiger partial charge in [0.2, 0.25) is 5.91 Å². The van der Waals surface area contributed by atoms with Crippen LogP contribution in [-0.2, 0) is 28.9 Å². The lowest BCUT2D eigenvalue weighted by Crippen LogP contribution is -2.47. The SMILES string of the molecule is CCOC(=O)N1CCC(N2CCc3nnc(CCNC(=O)C4CCCCC4)n3CC2)CC1. The van der Waals surface area contributed by atoms with Crippen LogP contribution in [0.2, 0.25) is 0 Å². The maximum Gasteiger partial charge on any atom is 0.409 e. The molecular weight excluding hydrogens is 408 g/mol. The Balaban J connectivity index is 1.24. The Kier molecular flexibility index (Phi) is 8.00. The van der Waals surface area contributed by atoms with Gasteiger partial charge in [0.25, 0.3) is 0 Å². The van der Waals surface area contributed by atoms with E-state index in [0.29, 0.717) is 19.2 Å². The molecule has 9 heteroatoms. The van der Waals surface area contributed by atoms with Crippen molar-refractivity contribution in [3.8, 4) is 0 Å². The average molecular weight is 447 g/mol. The van der Waals surface area contributed by atoms with Crippen LogP contribution in [-0.4, -0.2) is 81.9 Å². The molecule has 0 aromatic carbocycles. The van der Waals surface area contributed by atoms with Crippen LogP contribution in [0.5, 0.6) is 0 Å². The number of piperidine rings is 1. The summed E-state index contributed by atoms with van der Waals surface area (Å²) in [5.74, 6) is 2.43. The van der Waals surface area contributed by atoms with Crippen molar-refractivity contribution in [2.24, 2.45) is 5.92 Å². The van der Waals surface area contributed by atoms with E-state index in [4.69, 9.17) is 4.74 Å². The fourth-order valence-electron chi connectivity index (χ4n) is 5.38. The Labute approximate surface area is 190 Å². The van der Waals surface area contributed by atoms with Crippen LogP contribution in [0.15, 0.2) is 0 Å². The first-order valence-electron chi connectivity index (χ1n) is 12.5. The zero-order chi connectivity index (χ0) is 22.3. The van der Waals surface area contributed by atoms with Gasteiger partial charge in [-0.1, -0.05) is 19.3 Å². The van der Waals surface area contributed by atoms with Crippen LogP contribution in [0.3, 0.4) is 0 Å². The number of carbonyl (C=O) groups is 2. The highest BCUT2D eigenvalue weighted by molar-refractivity contribution is 5.78. The lowest BCUT2D eigenvalue weighted by Gasteiger charge is -2.37. The van der Waals surface area contributed by atoms with Gasteiger partial charge in [-0.15, -0.1) is 10.2 Å². The molecular formula is C23H38N6O3. The summed E-state index contributed by atoms with van der Waals surface area (Å²) in [6.45, 7) is 7.25. The highest BCUT2D eigenvalue weighted by Crippen LogP contribution is 2.24. The largest absolute Gasteiger partial charge is 0.450 e. The molecule has 32 heavy (non-hydrogen) atoms. The summed E-state index contributed by atoms with van der Waals surface area (Å²) in [7, 11) is 0. The third-order valence-electron chi connectivity index (χ3n) is 7.27. The number of ether oxygens (including phenoxy) is 1. The van der Waals surface area contributed by atoms with Crippen LogP contribution in [0, 0.1) is 5.92 Å². The maximum absolute atomic E-state index is 12.4. The van der Waals surface area contributed by atoms with Crippen molar-refractivity contribution in [2.45, 2.75) is 77.3 Å². The third kappa shape index (κ3) is 5.60. The van der Waals surface area contributed by atoms with E-state index in [1.165, 1.54) is 19.3 Å². The number of fused-ring (bicyclic) bond motifs is 1. The van der Waals surface area contributed by atoms with Gasteiger partial charge < -0.3 is 19.5 Å². The summed E-state index contributed by atoms with van der Waals surface area (Å²) in [5.41, 5.74) is 0. The molecule has 1 aromatic heterocycles. The zero-order valence-electron chi connectivity index (χ0n) is 19.4. The molecule has 4 rings (SSSR count). The molecule has 0 radical (unpaired) electrons. The lowest BCUT2D eigenvalue weighted by atomic mass is 9.89. The summed E-state index contributed by atoms with van der Waals surface area (Å²) < 4.78 is 7.39. The smallest absolute Gasteiger partial charge is 0.409 e. The van der Waals surface area contributed by atoms with E-state index < -0.39 is 0 Å². The number of hydrogen-bond donors (Lipinski definition) is 1. The van der Waals surface area contributed by atoms with E-state index in [1.807, 2.05) is 11.8 Å². The van der Waals surface area contributed by atoms with Crippen LogP contribution in [0.4, 0.5) is 4.79 Å². The number of hydrogen-bond acceptors (Lipinski definition) is 6. The topological polar surface area (TPSA) is 92.6 Å². The van der Waals surface area contributed by atoms with Gasteiger partial charge in [0.1, 0.15) is 11.6 Å². The molecule has 1 N–H and O–H groups in total. The van der Waals surface area contributed by atoms with Crippen molar-refractivity contribution < 1.29 is 14.3 Å². The van der Waals surface area contributed by atoms with E-state index >= 15 is 0 Å². The first kappa shape index (κ1) is 23.0. The Morgan fingerprint density at radius 2 is 1.78 bits per heavy atom. The van der Waals surface area contributed by atoms with Crippen molar-refractivity contribution in [1.82, 2.24) is 29.9 Å². The highest BCUT2D eigenvalue weighted by Gasteiger charge is 2.29. The molecule has 2 aliphatic heterocycles. The fraction of sp³-hybridized carbons (Fsp3) is 0.826. The van der Waals surface area contributed by atoms with Crippen molar-refractivity contribution in [3.63, 3.8) is 0 Å². The van der Waals surface area contributed by atoms with Gasteiger partial charge in [-0.3, -0.25) is 9.69 Å². The molecule has 1 saturated carbocycles. The fourth-order valence-corrected chi connectivity index (χ4v) is 5.38. The van der Waals surface area contributed by atoms with Gasteiger partial charge in [0.05, 0.1) is 6.61 Å². The van der Waals surface area contributed by atoms with Crippen molar-refractivity contribution in [2.75, 3.05) is 39.3 Å². The Bertz CT molecular complexity index is 768. The van der Waals surface area contributed by atoms with E-state index in [2.05, 4.69) is 25.0 Å². The second-order valence-electron chi connectivity index (χ2n) is 9.26. The van der Waals surface area contributed by atoms with E-state index in [-0.39, 0.29) is 17.9 Å². The molecule has 0 unspecified atom stereocenters. The molecule has 1 saturated heterocycles. The van der Waals surface area contributed by atoms with E-state index in [1.54, 1.807) is 0 Å². The number of nitrogens with zero attached hydrogens (tertiary/aromatic N) is 5. The number of likely N-dealkylation sites (tertiary alicyclic amines) is 1. The second-order valence-corrected chi connectivity index (χ2v) is 9.26. The molecule has 0 atom stereocenters. The standard InChI is InChI=1S/C23H38N6O3/c1-2-32-23(31)28-13-9-19(10-14-28)27-15-11-21-26-25-20(29(21)17-16-27)8-12-24-22(30)18-6-4-3-5-7-18/h18-19H,2-17H2,1H3,(H,24,30). The summed E-state index contributed by atoms with van der Waals surface area (Å²) in [4.78, 5) is 28.7. The Morgan fingerprint density at radius 3 is 2.53 bits per heavy atom. The van der Waals surface area contributed by atoms with Crippen LogP contribution in [0.25, 0.3) is 0 Å². The second kappa shape index (κ2) is 11.1. The van der Waals surface area contributed by atoms with Gasteiger partial charge in [-0.25, -0.2) is 4.79 Å². The van der Waals surface area contributed by atoms with Crippen molar-refractivity contribution in [3.05, 3.63) is 11.6 Å². The van der Waals surface area contributed by atoms with Gasteiger partial charge in [-0.05, 0) is 32.6 Å². The monoisotopic (exact) mass is 446 g/mol. The molecule has 3 aliphatic rings. The molecule has 1 aliphatic carbocycles. The minimum absolute atomic E-state index is 0.187. The summed E-state index contributed by atoms with van der Waals surface area (Å²) in [6.07, 6.45) is 9.07. The lowest BCUT2D eigenvalue weighted by molar-refractivity contribution is -0.125. The molecule has 2 amide bonds. The predicted octanol–water partition coefficient (Wildman–Crippen LogP) is 2.00. The number of rotatable bonds is 6. The minimum Gasteiger partial charge on any atom is -0.450 e. The highest BCUT2D eigenvalue weighted by atomic mass is 16.6. The van der Waals surface area contributed by atoms with E-state index in [9.17, 15) is 9.59 Å². The number of amides is 2. The van der Waals surface area contributed by atoms with Gasteiger partial charge in [0, 0.05) is 64.1 Å². The minimum atomic E-state index is -0.187. The summed E-state index contributed by atoms with van der Waals surface area (Å²) in [6, 6.07) is 0.497. The molecule has 0 spiro atoms.